The van der Waals surface area contributed by atoms with Crippen LogP contribution in [0.1, 0.15) is 20.9 Å². The molecule has 0 spiro atoms. The van der Waals surface area contributed by atoms with Crippen LogP contribution in [0.4, 0.5) is 5.13 Å². The first-order chi connectivity index (χ1) is 14.2. The molecular weight excluding hydrogens is 404 g/mol. The molecule has 0 radical (unpaired) electrons. The lowest BCUT2D eigenvalue weighted by Gasteiger charge is -2.02. The largest absolute Gasteiger partial charge is 0.493 e. The van der Waals surface area contributed by atoms with E-state index in [0.29, 0.717) is 15.7 Å². The molecule has 144 valence electrons. The molecule has 1 aliphatic heterocycles. The molecule has 1 aromatic carbocycles. The SMILES string of the molecule is Cc1nc(-c2ccccn2)sc1C(=O)Nc1nc(-c2ccc3c(c2)CCO3)cs1. The summed E-state index contributed by atoms with van der Waals surface area (Å²) < 4.78 is 5.56. The number of anilines is 1. The zero-order valence-corrected chi connectivity index (χ0v) is 17.1. The Morgan fingerprint density at radius 3 is 2.97 bits per heavy atom. The second-order valence-corrected chi connectivity index (χ2v) is 8.42. The fraction of sp³-hybridized carbons (Fsp3) is 0.143. The fourth-order valence-electron chi connectivity index (χ4n) is 3.17. The normalized spacial score (nSPS) is 12.4. The van der Waals surface area contributed by atoms with Crippen molar-refractivity contribution in [1.82, 2.24) is 15.0 Å². The number of hydrogen-bond donors (Lipinski definition) is 1. The first-order valence-electron chi connectivity index (χ1n) is 9.09. The first-order valence-corrected chi connectivity index (χ1v) is 10.8. The van der Waals surface area contributed by atoms with Crippen LogP contribution in [0.3, 0.4) is 0 Å². The number of hydrogen-bond acceptors (Lipinski definition) is 7. The molecule has 0 fully saturated rings. The third-order valence-electron chi connectivity index (χ3n) is 4.60. The third-order valence-corrected chi connectivity index (χ3v) is 6.53. The molecule has 1 aliphatic rings. The van der Waals surface area contributed by atoms with Crippen molar-refractivity contribution in [2.45, 2.75) is 13.3 Å². The van der Waals surface area contributed by atoms with Crippen LogP contribution in [-0.4, -0.2) is 27.5 Å². The minimum atomic E-state index is -0.203. The maximum Gasteiger partial charge on any atom is 0.269 e. The smallest absolute Gasteiger partial charge is 0.269 e. The van der Waals surface area contributed by atoms with Crippen molar-refractivity contribution < 1.29 is 9.53 Å². The molecule has 29 heavy (non-hydrogen) atoms. The van der Waals surface area contributed by atoms with Crippen LogP contribution in [0.5, 0.6) is 5.75 Å². The van der Waals surface area contributed by atoms with Crippen molar-refractivity contribution in [3.05, 3.63) is 64.1 Å². The predicted octanol–water partition coefficient (Wildman–Crippen LogP) is 4.82. The summed E-state index contributed by atoms with van der Waals surface area (Å²) in [7, 11) is 0. The molecule has 4 heterocycles. The van der Waals surface area contributed by atoms with Gasteiger partial charge >= 0.3 is 0 Å². The minimum Gasteiger partial charge on any atom is -0.493 e. The standard InChI is InChI=1S/C21H16N4O2S2/c1-12-18(29-20(23-12)15-4-2-3-8-22-15)19(26)25-21-24-16(11-28-21)13-5-6-17-14(10-13)7-9-27-17/h2-6,8,10-11H,7,9H2,1H3,(H,24,25,26). The Kier molecular flexibility index (Phi) is 4.57. The lowest BCUT2D eigenvalue weighted by molar-refractivity contribution is 0.103. The zero-order valence-electron chi connectivity index (χ0n) is 15.5. The quantitative estimate of drug-likeness (QED) is 0.512. The monoisotopic (exact) mass is 420 g/mol. The van der Waals surface area contributed by atoms with Crippen LogP contribution in [0.2, 0.25) is 0 Å². The maximum absolute atomic E-state index is 12.8. The van der Waals surface area contributed by atoms with E-state index in [-0.39, 0.29) is 5.91 Å². The van der Waals surface area contributed by atoms with Crippen molar-refractivity contribution in [3.63, 3.8) is 0 Å². The number of amides is 1. The third kappa shape index (κ3) is 3.52. The number of nitrogens with zero attached hydrogens (tertiary/aromatic N) is 3. The van der Waals surface area contributed by atoms with E-state index in [2.05, 4.69) is 26.3 Å². The number of aryl methyl sites for hydroxylation is 1. The Hall–Kier alpha value is -3.10. The van der Waals surface area contributed by atoms with Gasteiger partial charge in [-0.1, -0.05) is 6.07 Å². The van der Waals surface area contributed by atoms with E-state index in [1.165, 1.54) is 28.2 Å². The Bertz CT molecular complexity index is 1200. The number of rotatable bonds is 4. The van der Waals surface area contributed by atoms with Gasteiger partial charge in [0.05, 0.1) is 23.7 Å². The molecular formula is C21H16N4O2S2. The molecule has 0 saturated carbocycles. The average Bonchev–Trinajstić information content (AvgIpc) is 3.47. The number of nitrogens with one attached hydrogen (secondary N) is 1. The Balaban J connectivity index is 1.35. The van der Waals surface area contributed by atoms with Gasteiger partial charge < -0.3 is 4.74 Å². The second-order valence-electron chi connectivity index (χ2n) is 6.56. The van der Waals surface area contributed by atoms with Crippen LogP contribution < -0.4 is 10.1 Å². The maximum atomic E-state index is 12.8. The molecule has 6 nitrogen and oxygen atoms in total. The summed E-state index contributed by atoms with van der Waals surface area (Å²) in [5.41, 5.74) is 4.51. The van der Waals surface area contributed by atoms with Gasteiger partial charge in [0.15, 0.2) is 5.13 Å². The summed E-state index contributed by atoms with van der Waals surface area (Å²) in [5.74, 6) is 0.743. The van der Waals surface area contributed by atoms with E-state index < -0.39 is 0 Å². The Morgan fingerprint density at radius 1 is 1.17 bits per heavy atom. The predicted molar refractivity (Wildman–Crippen MR) is 115 cm³/mol. The van der Waals surface area contributed by atoms with Crippen molar-refractivity contribution in [3.8, 4) is 27.7 Å². The van der Waals surface area contributed by atoms with Gasteiger partial charge in [-0.2, -0.15) is 0 Å². The molecule has 0 atom stereocenters. The van der Waals surface area contributed by atoms with E-state index in [9.17, 15) is 4.79 Å². The molecule has 3 aromatic heterocycles. The van der Waals surface area contributed by atoms with Gasteiger partial charge in [-0.25, -0.2) is 9.97 Å². The molecule has 0 unspecified atom stereocenters. The summed E-state index contributed by atoms with van der Waals surface area (Å²) in [6.07, 6.45) is 2.63. The van der Waals surface area contributed by atoms with Gasteiger partial charge in [0.1, 0.15) is 15.6 Å². The average molecular weight is 421 g/mol. The highest BCUT2D eigenvalue weighted by molar-refractivity contribution is 7.17. The molecule has 0 bridgehead atoms. The molecule has 0 aliphatic carbocycles. The van der Waals surface area contributed by atoms with Crippen LogP contribution in [0.15, 0.2) is 48.0 Å². The van der Waals surface area contributed by atoms with Gasteiger partial charge in [-0.3, -0.25) is 15.1 Å². The molecule has 4 aromatic rings. The van der Waals surface area contributed by atoms with Gasteiger partial charge in [-0.05, 0) is 42.8 Å². The van der Waals surface area contributed by atoms with E-state index in [4.69, 9.17) is 4.74 Å². The Labute approximate surface area is 175 Å². The van der Waals surface area contributed by atoms with E-state index in [0.717, 1.165) is 40.7 Å². The van der Waals surface area contributed by atoms with Crippen LogP contribution in [0.25, 0.3) is 22.0 Å². The molecule has 0 saturated heterocycles. The number of carbonyl (C=O) groups excluding carboxylic acids is 1. The molecule has 8 heteroatoms. The zero-order chi connectivity index (χ0) is 19.8. The summed E-state index contributed by atoms with van der Waals surface area (Å²) in [4.78, 5) is 26.7. The molecule has 1 N–H and O–H groups in total. The fourth-order valence-corrected chi connectivity index (χ4v) is 4.82. The van der Waals surface area contributed by atoms with E-state index in [1.54, 1.807) is 6.20 Å². The van der Waals surface area contributed by atoms with Crippen molar-refractivity contribution in [2.24, 2.45) is 0 Å². The summed E-state index contributed by atoms with van der Waals surface area (Å²) in [6, 6.07) is 11.7. The number of fused-ring (bicyclic) bond motifs is 1. The first kappa shape index (κ1) is 18.0. The lowest BCUT2D eigenvalue weighted by atomic mass is 10.1. The molecule has 5 rings (SSSR count). The second kappa shape index (κ2) is 7.38. The van der Waals surface area contributed by atoms with E-state index >= 15 is 0 Å². The van der Waals surface area contributed by atoms with Crippen molar-refractivity contribution >= 4 is 33.7 Å². The topological polar surface area (TPSA) is 77.0 Å². The number of aromatic nitrogens is 3. The lowest BCUT2D eigenvalue weighted by Crippen LogP contribution is -2.11. The summed E-state index contributed by atoms with van der Waals surface area (Å²) in [5, 5.41) is 6.14. The number of ether oxygens (including phenoxy) is 1. The highest BCUT2D eigenvalue weighted by Crippen LogP contribution is 2.32. The number of thiazole rings is 2. The molecule has 1 amide bonds. The van der Waals surface area contributed by atoms with E-state index in [1.807, 2.05) is 42.6 Å². The summed E-state index contributed by atoms with van der Waals surface area (Å²) in [6.45, 7) is 2.56. The minimum absolute atomic E-state index is 0.203. The van der Waals surface area contributed by atoms with Crippen LogP contribution in [-0.2, 0) is 6.42 Å². The Morgan fingerprint density at radius 2 is 2.10 bits per heavy atom. The van der Waals surface area contributed by atoms with Gasteiger partial charge in [0.2, 0.25) is 0 Å². The number of benzene rings is 1. The number of carbonyl (C=O) groups is 1. The van der Waals surface area contributed by atoms with Gasteiger partial charge in [0, 0.05) is 23.6 Å². The van der Waals surface area contributed by atoms with Crippen molar-refractivity contribution in [2.75, 3.05) is 11.9 Å². The van der Waals surface area contributed by atoms with Gasteiger partial charge in [-0.15, -0.1) is 22.7 Å². The highest BCUT2D eigenvalue weighted by atomic mass is 32.1. The number of pyridine rings is 1. The van der Waals surface area contributed by atoms with Crippen LogP contribution >= 0.6 is 22.7 Å². The summed E-state index contributed by atoms with van der Waals surface area (Å²) >= 11 is 2.74. The van der Waals surface area contributed by atoms with Gasteiger partial charge in [0.25, 0.3) is 5.91 Å². The van der Waals surface area contributed by atoms with Crippen LogP contribution in [0, 0.1) is 6.92 Å². The highest BCUT2D eigenvalue weighted by Gasteiger charge is 2.19. The van der Waals surface area contributed by atoms with Crippen molar-refractivity contribution in [1.29, 1.82) is 0 Å².